The second kappa shape index (κ2) is 16.9. The Labute approximate surface area is 317 Å². The Balaban J connectivity index is 1.40. The maximum Gasteiger partial charge on any atom is 0.216 e. The highest BCUT2D eigenvalue weighted by atomic mass is 35.6. The monoisotopic (exact) mass is 777 g/mol. The first-order valence-electron chi connectivity index (χ1n) is 17.5. The number of ketones is 1. The van der Waals surface area contributed by atoms with Gasteiger partial charge in [-0.25, -0.2) is 0 Å². The number of piperazine rings is 1. The summed E-state index contributed by atoms with van der Waals surface area (Å²) in [5.74, 6) is 0.930. The van der Waals surface area contributed by atoms with Crippen LogP contribution >= 0.6 is 69.6 Å². The van der Waals surface area contributed by atoms with Gasteiger partial charge in [-0.1, -0.05) is 119 Å². The van der Waals surface area contributed by atoms with E-state index in [1.165, 1.54) is 32.1 Å². The van der Waals surface area contributed by atoms with Crippen LogP contribution in [0.15, 0.2) is 42.5 Å². The van der Waals surface area contributed by atoms with Gasteiger partial charge < -0.3 is 15.0 Å². The summed E-state index contributed by atoms with van der Waals surface area (Å²) < 4.78 is 2.34. The lowest BCUT2D eigenvalue weighted by Gasteiger charge is -2.43. The maximum atomic E-state index is 14.0. The molecule has 2 atom stereocenters. The van der Waals surface area contributed by atoms with Crippen molar-refractivity contribution in [2.45, 2.75) is 109 Å². The molecule has 1 saturated carbocycles. The Hall–Kier alpha value is -0.470. The van der Waals surface area contributed by atoms with Crippen LogP contribution < -0.4 is 10.1 Å². The molecular formula is C37H49Cl6N3O2. The third-order valence-corrected chi connectivity index (χ3v) is 11.7. The van der Waals surface area contributed by atoms with Gasteiger partial charge in [-0.2, -0.15) is 0 Å². The molecule has 0 aromatic heterocycles. The molecule has 48 heavy (non-hydrogen) atoms. The molecule has 0 radical (unpaired) electrons. The minimum atomic E-state index is -1.80. The topological polar surface area (TPSA) is 44.8 Å². The fraction of sp³-hybridized carbons (Fsp3) is 0.649. The molecule has 266 valence electrons. The number of nitrogens with one attached hydrogen (secondary N) is 1. The number of rotatable bonds is 10. The fourth-order valence-corrected chi connectivity index (χ4v) is 8.94. The van der Waals surface area contributed by atoms with E-state index in [4.69, 9.17) is 74.3 Å². The number of nitrogens with zero attached hydrogens (tertiary/aromatic N) is 2. The van der Waals surface area contributed by atoms with Crippen LogP contribution in [0.1, 0.15) is 93.9 Å². The average molecular weight is 781 g/mol. The van der Waals surface area contributed by atoms with Crippen molar-refractivity contribution in [1.29, 1.82) is 0 Å². The van der Waals surface area contributed by atoms with Crippen LogP contribution in [0.5, 0.6) is 5.75 Å². The minimum Gasteiger partial charge on any atom is -0.491 e. The predicted molar refractivity (Wildman–Crippen MR) is 203 cm³/mol. The molecule has 5 nitrogen and oxygen atoms in total. The van der Waals surface area contributed by atoms with E-state index in [1.807, 2.05) is 50.2 Å². The second-order valence-electron chi connectivity index (χ2n) is 14.2. The van der Waals surface area contributed by atoms with Gasteiger partial charge in [0.25, 0.3) is 0 Å². The maximum absolute atomic E-state index is 14.0. The number of halogens is 6. The van der Waals surface area contributed by atoms with Crippen molar-refractivity contribution in [2.24, 2.45) is 0 Å². The van der Waals surface area contributed by atoms with E-state index in [9.17, 15) is 4.79 Å². The third kappa shape index (κ3) is 10.3. The van der Waals surface area contributed by atoms with Crippen molar-refractivity contribution in [1.82, 2.24) is 15.1 Å². The minimum absolute atomic E-state index is 0.0564. The quantitative estimate of drug-likeness (QED) is 0.244. The first kappa shape index (κ1) is 38.8. The van der Waals surface area contributed by atoms with E-state index in [0.29, 0.717) is 24.0 Å². The third-order valence-electron chi connectivity index (χ3n) is 10.5. The molecule has 3 aliphatic rings. The van der Waals surface area contributed by atoms with Gasteiger partial charge in [0.1, 0.15) is 5.75 Å². The van der Waals surface area contributed by atoms with Crippen LogP contribution in [0.4, 0.5) is 0 Å². The molecule has 5 rings (SSSR count). The highest BCUT2D eigenvalue weighted by Crippen LogP contribution is 2.50. The van der Waals surface area contributed by atoms with E-state index in [-0.39, 0.29) is 23.3 Å². The largest absolute Gasteiger partial charge is 0.491 e. The van der Waals surface area contributed by atoms with E-state index in [2.05, 4.69) is 15.1 Å². The van der Waals surface area contributed by atoms with Gasteiger partial charge in [0.15, 0.2) is 5.78 Å². The zero-order valence-corrected chi connectivity index (χ0v) is 32.6. The van der Waals surface area contributed by atoms with E-state index in [1.54, 1.807) is 6.07 Å². The molecule has 2 aliphatic heterocycles. The van der Waals surface area contributed by atoms with Gasteiger partial charge in [-0.15, -0.1) is 0 Å². The second-order valence-corrected chi connectivity index (χ2v) is 18.8. The van der Waals surface area contributed by atoms with Crippen molar-refractivity contribution in [3.8, 4) is 5.75 Å². The highest BCUT2D eigenvalue weighted by molar-refractivity contribution is 6.69. The van der Waals surface area contributed by atoms with Gasteiger partial charge in [-0.05, 0) is 94.1 Å². The Morgan fingerprint density at radius 1 is 0.917 bits per heavy atom. The van der Waals surface area contributed by atoms with Crippen molar-refractivity contribution in [2.75, 3.05) is 39.3 Å². The normalized spacial score (nSPS) is 24.1. The van der Waals surface area contributed by atoms with Crippen molar-refractivity contribution >= 4 is 75.4 Å². The number of hydrogen-bond donors (Lipinski definition) is 1. The summed E-state index contributed by atoms with van der Waals surface area (Å²) in [6, 6.07) is 13.9. The fourth-order valence-electron chi connectivity index (χ4n) is 7.98. The number of carbonyl (C=O) groups excluding carboxylic acids is 1. The molecule has 1 aliphatic carbocycles. The van der Waals surface area contributed by atoms with Crippen LogP contribution in [-0.2, 0) is 24.2 Å². The molecule has 1 N–H and O–H groups in total. The molecule has 2 aromatic carbocycles. The highest BCUT2D eigenvalue weighted by Gasteiger charge is 2.42. The summed E-state index contributed by atoms with van der Waals surface area (Å²) >= 11 is 38.6. The zero-order valence-electron chi connectivity index (χ0n) is 28.1. The molecule has 3 fully saturated rings. The Kier molecular flexibility index (Phi) is 13.7. The SMILES string of the molecule is CC(C)Oc1cccc(CC(=O)C2CC(CCN3CCN(C4CCCCC4)CC3)(c3ccc(C(Cl)(Cl)Cl)c(C(Cl)(Cl)Cl)c3)CCCN2)c1. The van der Waals surface area contributed by atoms with Crippen molar-refractivity contribution < 1.29 is 9.53 Å². The van der Waals surface area contributed by atoms with Gasteiger partial charge >= 0.3 is 0 Å². The number of benzene rings is 2. The molecule has 2 saturated heterocycles. The first-order valence-corrected chi connectivity index (χ1v) is 19.8. The van der Waals surface area contributed by atoms with Gasteiger partial charge in [0, 0.05) is 49.8 Å². The Morgan fingerprint density at radius 3 is 2.29 bits per heavy atom. The lowest BCUT2D eigenvalue weighted by molar-refractivity contribution is -0.120. The summed E-state index contributed by atoms with van der Waals surface area (Å²) in [5.41, 5.74) is 2.29. The van der Waals surface area contributed by atoms with Crippen LogP contribution in [0.2, 0.25) is 0 Å². The Morgan fingerprint density at radius 2 is 1.62 bits per heavy atom. The molecule has 2 heterocycles. The summed E-state index contributed by atoms with van der Waals surface area (Å²) in [6.45, 7) is 9.97. The van der Waals surface area contributed by atoms with Gasteiger partial charge in [-0.3, -0.25) is 9.69 Å². The number of alkyl halides is 6. The van der Waals surface area contributed by atoms with E-state index >= 15 is 0 Å². The molecule has 0 spiro atoms. The van der Waals surface area contributed by atoms with E-state index < -0.39 is 7.59 Å². The number of hydrogen-bond acceptors (Lipinski definition) is 5. The first-order chi connectivity index (χ1) is 22.7. The Bertz CT molecular complexity index is 1370. The molecule has 2 aromatic rings. The molecular weight excluding hydrogens is 731 g/mol. The molecule has 2 unspecified atom stereocenters. The van der Waals surface area contributed by atoms with Crippen LogP contribution in [0, 0.1) is 0 Å². The van der Waals surface area contributed by atoms with E-state index in [0.717, 1.165) is 81.4 Å². The van der Waals surface area contributed by atoms with Gasteiger partial charge in [0.2, 0.25) is 7.59 Å². The van der Waals surface area contributed by atoms with Crippen molar-refractivity contribution in [3.63, 3.8) is 0 Å². The van der Waals surface area contributed by atoms with Crippen LogP contribution in [0.25, 0.3) is 0 Å². The predicted octanol–water partition coefficient (Wildman–Crippen LogP) is 9.66. The summed E-state index contributed by atoms with van der Waals surface area (Å²) in [4.78, 5) is 19.3. The molecule has 11 heteroatoms. The smallest absolute Gasteiger partial charge is 0.216 e. The standard InChI is InChI=1S/C37H49Cl6N3O2/c1-26(2)48-30-11-6-8-27(22-30)23-34(47)33-25-35(14-7-16-44-33,28-12-13-31(36(38,39)40)32(24-28)37(41,42)43)15-17-45-18-20-46(21-19-45)29-9-4-3-5-10-29/h6,8,11-13,22,24,26,29,33,44H,3-5,7,9-10,14-21,23,25H2,1-2H3. The summed E-state index contributed by atoms with van der Waals surface area (Å²) in [7, 11) is 0. The lowest BCUT2D eigenvalue weighted by atomic mass is 9.69. The summed E-state index contributed by atoms with van der Waals surface area (Å²) in [5, 5.41) is 3.59. The molecule has 0 bridgehead atoms. The number of carbonyl (C=O) groups is 1. The average Bonchev–Trinajstić information content (AvgIpc) is 3.27. The summed E-state index contributed by atoms with van der Waals surface area (Å²) in [6.07, 6.45) is 10.4. The lowest BCUT2D eigenvalue weighted by Crippen LogP contribution is -2.51. The number of Topliss-reactive ketones (excluding diaryl/α,β-unsaturated/α-hetero) is 1. The van der Waals surface area contributed by atoms with Gasteiger partial charge in [0.05, 0.1) is 12.1 Å². The molecule has 0 amide bonds. The van der Waals surface area contributed by atoms with Crippen LogP contribution in [0.3, 0.4) is 0 Å². The van der Waals surface area contributed by atoms with Crippen LogP contribution in [-0.4, -0.2) is 73.0 Å². The zero-order chi connectivity index (χ0) is 34.5. The number of ether oxygens (including phenoxy) is 1. The van der Waals surface area contributed by atoms with Crippen molar-refractivity contribution in [3.05, 3.63) is 64.7 Å².